The van der Waals surface area contributed by atoms with Gasteiger partial charge in [0.15, 0.2) is 6.23 Å². The van der Waals surface area contributed by atoms with Gasteiger partial charge in [0.2, 0.25) is 0 Å². The van der Waals surface area contributed by atoms with Gasteiger partial charge in [0.1, 0.15) is 5.60 Å². The summed E-state index contributed by atoms with van der Waals surface area (Å²) in [6.45, 7) is 9.51. The molecule has 1 aromatic carbocycles. The quantitative estimate of drug-likeness (QED) is 0.266. The molecular weight excluding hydrogens is 398 g/mol. The van der Waals surface area contributed by atoms with Gasteiger partial charge in [-0.15, -0.1) is 11.3 Å². The Hall–Kier alpha value is -2.08. The van der Waals surface area contributed by atoms with Crippen LogP contribution < -0.4 is 5.32 Å². The Morgan fingerprint density at radius 3 is 2.63 bits per heavy atom. The first kappa shape index (κ1) is 24.2. The molecule has 0 aliphatic rings. The predicted molar refractivity (Wildman–Crippen MR) is 123 cm³/mol. The minimum Gasteiger partial charge on any atom is -0.444 e. The Kier molecular flexibility index (Phi) is 9.15. The zero-order chi connectivity index (χ0) is 22.1. The zero-order valence-electron chi connectivity index (χ0n) is 18.8. The van der Waals surface area contributed by atoms with Crippen molar-refractivity contribution in [2.45, 2.75) is 85.0 Å². The molecule has 0 saturated carbocycles. The molecule has 0 radical (unpaired) electrons. The van der Waals surface area contributed by atoms with E-state index in [-0.39, 0.29) is 11.9 Å². The van der Waals surface area contributed by atoms with Crippen molar-refractivity contribution in [1.29, 1.82) is 0 Å². The number of amides is 1. The van der Waals surface area contributed by atoms with Crippen molar-refractivity contribution < 1.29 is 19.1 Å². The van der Waals surface area contributed by atoms with Gasteiger partial charge < -0.3 is 9.47 Å². The van der Waals surface area contributed by atoms with Gasteiger partial charge in [-0.2, -0.15) is 0 Å². The average molecular weight is 434 g/mol. The first-order chi connectivity index (χ1) is 14.2. The number of thiophene rings is 1. The van der Waals surface area contributed by atoms with Crippen LogP contribution in [0.2, 0.25) is 0 Å². The molecule has 1 heterocycles. The highest BCUT2D eigenvalue weighted by Gasteiger charge is 2.26. The zero-order valence-corrected chi connectivity index (χ0v) is 19.6. The van der Waals surface area contributed by atoms with Crippen molar-refractivity contribution in [3.8, 4) is 0 Å². The van der Waals surface area contributed by atoms with Crippen LogP contribution >= 0.6 is 11.3 Å². The lowest BCUT2D eigenvalue weighted by molar-refractivity contribution is -0.153. The Bertz CT molecular complexity index is 824. The highest BCUT2D eigenvalue weighted by atomic mass is 32.1. The van der Waals surface area contributed by atoms with Crippen molar-refractivity contribution in [2.24, 2.45) is 5.92 Å². The van der Waals surface area contributed by atoms with Gasteiger partial charge in [-0.05, 0) is 68.5 Å². The number of hydrogen-bond donors (Lipinski definition) is 1. The van der Waals surface area contributed by atoms with Crippen LogP contribution in [0.4, 0.5) is 4.79 Å². The molecule has 1 amide bonds. The molecule has 0 saturated heterocycles. The van der Waals surface area contributed by atoms with Crippen LogP contribution in [-0.4, -0.2) is 23.9 Å². The molecule has 1 N–H and O–H groups in total. The summed E-state index contributed by atoms with van der Waals surface area (Å²) in [7, 11) is 0. The SMILES string of the molecule is CCCCCC(=O)O[C@@H](NC(=O)OC(C)(C)C)[C@H](C)CCc1ccc2ccsc2c1. The number of hydrogen-bond acceptors (Lipinski definition) is 5. The molecule has 0 unspecified atom stereocenters. The fourth-order valence-electron chi connectivity index (χ4n) is 3.13. The highest BCUT2D eigenvalue weighted by molar-refractivity contribution is 7.17. The van der Waals surface area contributed by atoms with Crippen molar-refractivity contribution >= 4 is 33.5 Å². The van der Waals surface area contributed by atoms with Gasteiger partial charge in [0, 0.05) is 17.0 Å². The summed E-state index contributed by atoms with van der Waals surface area (Å²) in [4.78, 5) is 24.6. The molecular formula is C24H35NO4S. The molecule has 2 aromatic rings. The standard InChI is InChI=1S/C24H35NO4S/c1-6-7-8-9-21(26)28-22(25-23(27)29-24(3,4)5)17(2)10-11-18-12-13-19-14-15-30-20(19)16-18/h12-17,22H,6-11H2,1-5H3,(H,25,27)/t17-,22-/m1/s1. The summed E-state index contributed by atoms with van der Waals surface area (Å²) < 4.78 is 12.3. The van der Waals surface area contributed by atoms with Crippen molar-refractivity contribution in [3.05, 3.63) is 35.2 Å². The monoisotopic (exact) mass is 433 g/mol. The molecule has 2 atom stereocenters. The number of carbonyl (C=O) groups is 2. The summed E-state index contributed by atoms with van der Waals surface area (Å²) in [6.07, 6.45) is 3.53. The van der Waals surface area contributed by atoms with E-state index in [2.05, 4.69) is 41.9 Å². The molecule has 166 valence electrons. The van der Waals surface area contributed by atoms with E-state index in [1.54, 1.807) is 11.3 Å². The molecule has 0 spiro atoms. The maximum atomic E-state index is 12.3. The maximum absolute atomic E-state index is 12.3. The van der Waals surface area contributed by atoms with Crippen LogP contribution in [0.3, 0.4) is 0 Å². The first-order valence-electron chi connectivity index (χ1n) is 10.8. The lowest BCUT2D eigenvalue weighted by Crippen LogP contribution is -2.45. The number of esters is 1. The first-order valence-corrected chi connectivity index (χ1v) is 11.7. The van der Waals surface area contributed by atoms with Crippen molar-refractivity contribution in [3.63, 3.8) is 0 Å². The second kappa shape index (κ2) is 11.3. The van der Waals surface area contributed by atoms with E-state index in [1.165, 1.54) is 15.6 Å². The highest BCUT2D eigenvalue weighted by Crippen LogP contribution is 2.24. The van der Waals surface area contributed by atoms with Crippen molar-refractivity contribution in [1.82, 2.24) is 5.32 Å². The lowest BCUT2D eigenvalue weighted by Gasteiger charge is -2.27. The van der Waals surface area contributed by atoms with E-state index in [4.69, 9.17) is 9.47 Å². The van der Waals surface area contributed by atoms with Crippen LogP contribution in [0.1, 0.15) is 72.3 Å². The predicted octanol–water partition coefficient (Wildman–Crippen LogP) is 6.44. The lowest BCUT2D eigenvalue weighted by atomic mass is 9.99. The third kappa shape index (κ3) is 8.34. The molecule has 0 aliphatic heterocycles. The molecule has 30 heavy (non-hydrogen) atoms. The van der Waals surface area contributed by atoms with Crippen LogP contribution in [-0.2, 0) is 20.7 Å². The van der Waals surface area contributed by atoms with E-state index >= 15 is 0 Å². The summed E-state index contributed by atoms with van der Waals surface area (Å²) in [5.74, 6) is -0.331. The van der Waals surface area contributed by atoms with Gasteiger partial charge in [0.05, 0.1) is 0 Å². The molecule has 0 bridgehead atoms. The minimum atomic E-state index is -0.709. The Morgan fingerprint density at radius 1 is 1.17 bits per heavy atom. The molecule has 0 aliphatic carbocycles. The Labute approximate surface area is 184 Å². The second-order valence-electron chi connectivity index (χ2n) is 8.82. The van der Waals surface area contributed by atoms with E-state index in [9.17, 15) is 9.59 Å². The maximum Gasteiger partial charge on any atom is 0.410 e. The number of aryl methyl sites for hydroxylation is 1. The van der Waals surface area contributed by atoms with Crippen LogP contribution in [0, 0.1) is 5.92 Å². The van der Waals surface area contributed by atoms with E-state index in [0.717, 1.165) is 32.1 Å². The number of nitrogens with one attached hydrogen (secondary N) is 1. The molecule has 1 aromatic heterocycles. The van der Waals surface area contributed by atoms with Crippen LogP contribution in [0.5, 0.6) is 0 Å². The van der Waals surface area contributed by atoms with Gasteiger partial charge in [-0.3, -0.25) is 10.1 Å². The fraction of sp³-hybridized carbons (Fsp3) is 0.583. The van der Waals surface area contributed by atoms with Crippen molar-refractivity contribution in [2.75, 3.05) is 0 Å². The van der Waals surface area contributed by atoms with E-state index in [0.29, 0.717) is 6.42 Å². The van der Waals surface area contributed by atoms with Crippen LogP contribution in [0.15, 0.2) is 29.6 Å². The van der Waals surface area contributed by atoms with E-state index in [1.807, 2.05) is 27.7 Å². The number of alkyl carbamates (subject to hydrolysis) is 1. The number of benzene rings is 1. The topological polar surface area (TPSA) is 64.6 Å². The molecule has 6 heteroatoms. The number of rotatable bonds is 10. The number of fused-ring (bicyclic) bond motifs is 1. The summed E-state index contributed by atoms with van der Waals surface area (Å²) in [5.41, 5.74) is 0.626. The summed E-state index contributed by atoms with van der Waals surface area (Å²) in [6, 6.07) is 8.59. The van der Waals surface area contributed by atoms with E-state index < -0.39 is 17.9 Å². The number of carbonyl (C=O) groups excluding carboxylic acids is 2. The Balaban J connectivity index is 1.98. The smallest absolute Gasteiger partial charge is 0.410 e. The van der Waals surface area contributed by atoms with Gasteiger partial charge in [-0.25, -0.2) is 4.79 Å². The summed E-state index contributed by atoms with van der Waals surface area (Å²) >= 11 is 1.73. The third-order valence-electron chi connectivity index (χ3n) is 4.83. The minimum absolute atomic E-state index is 0.0494. The van der Waals surface area contributed by atoms with Gasteiger partial charge in [0.25, 0.3) is 0 Å². The number of unbranched alkanes of at least 4 members (excludes halogenated alkanes) is 2. The molecule has 5 nitrogen and oxygen atoms in total. The second-order valence-corrected chi connectivity index (χ2v) is 9.77. The largest absolute Gasteiger partial charge is 0.444 e. The van der Waals surface area contributed by atoms with Gasteiger partial charge in [-0.1, -0.05) is 38.8 Å². The molecule has 0 fully saturated rings. The van der Waals surface area contributed by atoms with Crippen LogP contribution in [0.25, 0.3) is 10.1 Å². The summed E-state index contributed by atoms with van der Waals surface area (Å²) in [5, 5.41) is 6.10. The number of ether oxygens (including phenoxy) is 2. The Morgan fingerprint density at radius 2 is 1.93 bits per heavy atom. The normalized spacial score (nSPS) is 13.6. The van der Waals surface area contributed by atoms with Gasteiger partial charge >= 0.3 is 12.1 Å². The molecule has 2 rings (SSSR count). The third-order valence-corrected chi connectivity index (χ3v) is 5.71. The average Bonchev–Trinajstić information content (AvgIpc) is 3.12. The fourth-order valence-corrected chi connectivity index (χ4v) is 3.98.